The first-order valence-electron chi connectivity index (χ1n) is 6.14. The Morgan fingerprint density at radius 2 is 1.95 bits per heavy atom. The van der Waals surface area contributed by atoms with Gasteiger partial charge in [-0.1, -0.05) is 0 Å². The van der Waals surface area contributed by atoms with Crippen molar-refractivity contribution >= 4 is 61.0 Å². The number of phenols is 1. The lowest BCUT2D eigenvalue weighted by molar-refractivity contribution is 0.0969. The summed E-state index contributed by atoms with van der Waals surface area (Å²) in [6, 6.07) is 3.09. The van der Waals surface area contributed by atoms with E-state index < -0.39 is 5.63 Å². The summed E-state index contributed by atoms with van der Waals surface area (Å²) in [5.41, 5.74) is -0.465. The van der Waals surface area contributed by atoms with Crippen LogP contribution in [0.3, 0.4) is 0 Å². The lowest BCUT2D eigenvalue weighted by atomic mass is 10.1. The topological polar surface area (TPSA) is 70.8 Å². The van der Waals surface area contributed by atoms with Gasteiger partial charge in [0.15, 0.2) is 11.4 Å². The maximum atomic E-state index is 12.1. The van der Waals surface area contributed by atoms with Crippen LogP contribution in [0.5, 0.6) is 5.75 Å². The zero-order valence-corrected chi connectivity index (χ0v) is 15.8. The summed E-state index contributed by atoms with van der Waals surface area (Å²) in [4.78, 5) is 25.9. The van der Waals surface area contributed by atoms with Gasteiger partial charge < -0.3 is 14.4 Å². The van der Waals surface area contributed by atoms with Gasteiger partial charge in [-0.2, -0.15) is 0 Å². The molecule has 22 heavy (non-hydrogen) atoms. The third kappa shape index (κ3) is 3.90. The van der Waals surface area contributed by atoms with Gasteiger partial charge in [0.2, 0.25) is 0 Å². The second-order valence-electron chi connectivity index (χ2n) is 4.86. The average molecular weight is 456 g/mol. The molecule has 8 heteroatoms. The SMILES string of the molecule is CN(C)CCC(=O)c1cc2cc(Br)c(O)c(Br)c2oc1=O.Cl. The summed E-state index contributed by atoms with van der Waals surface area (Å²) in [5, 5.41) is 10.3. The standard InChI is InChI=1S/C14H13Br2NO4.ClH/c1-17(2)4-3-10(18)8-5-7-6-9(15)12(19)11(16)13(7)21-14(8)20;/h5-6,19H,3-4H2,1-2H3;1H. The molecule has 2 rings (SSSR count). The lowest BCUT2D eigenvalue weighted by Crippen LogP contribution is -2.20. The Kier molecular flexibility index (Phi) is 6.61. The van der Waals surface area contributed by atoms with Crippen LogP contribution in [0.4, 0.5) is 0 Å². The van der Waals surface area contributed by atoms with Crippen LogP contribution in [0, 0.1) is 0 Å². The molecule has 5 nitrogen and oxygen atoms in total. The summed E-state index contributed by atoms with van der Waals surface area (Å²) < 4.78 is 5.89. The monoisotopic (exact) mass is 453 g/mol. The third-order valence-corrected chi connectivity index (χ3v) is 4.32. The fraction of sp³-hybridized carbons (Fsp3) is 0.286. The second kappa shape index (κ2) is 7.59. The van der Waals surface area contributed by atoms with E-state index >= 15 is 0 Å². The predicted molar refractivity (Wildman–Crippen MR) is 94.3 cm³/mol. The summed E-state index contributed by atoms with van der Waals surface area (Å²) >= 11 is 6.38. The lowest BCUT2D eigenvalue weighted by Gasteiger charge is -2.09. The molecule has 0 unspecified atom stereocenters. The van der Waals surface area contributed by atoms with Crippen molar-refractivity contribution in [2.45, 2.75) is 6.42 Å². The Balaban J connectivity index is 0.00000242. The highest BCUT2D eigenvalue weighted by Gasteiger charge is 2.17. The van der Waals surface area contributed by atoms with Crippen LogP contribution < -0.4 is 5.63 Å². The zero-order chi connectivity index (χ0) is 15.7. The fourth-order valence-electron chi connectivity index (χ4n) is 1.84. The number of benzene rings is 1. The van der Waals surface area contributed by atoms with Crippen LogP contribution in [0.2, 0.25) is 0 Å². The van der Waals surface area contributed by atoms with Gasteiger partial charge in [-0.15, -0.1) is 12.4 Å². The molecule has 2 aromatic rings. The third-order valence-electron chi connectivity index (χ3n) is 2.98. The van der Waals surface area contributed by atoms with E-state index in [9.17, 15) is 14.7 Å². The maximum Gasteiger partial charge on any atom is 0.347 e. The van der Waals surface area contributed by atoms with Gasteiger partial charge in [-0.05, 0) is 58.1 Å². The van der Waals surface area contributed by atoms with Crippen molar-refractivity contribution in [1.82, 2.24) is 4.90 Å². The number of nitrogens with zero attached hydrogens (tertiary/aromatic N) is 1. The first-order valence-corrected chi connectivity index (χ1v) is 7.72. The highest BCUT2D eigenvalue weighted by Crippen LogP contribution is 2.38. The number of carbonyl (C=O) groups is 1. The Morgan fingerprint density at radius 1 is 1.32 bits per heavy atom. The number of aromatic hydroxyl groups is 1. The van der Waals surface area contributed by atoms with Crippen molar-refractivity contribution < 1.29 is 14.3 Å². The van der Waals surface area contributed by atoms with E-state index in [4.69, 9.17) is 4.42 Å². The zero-order valence-electron chi connectivity index (χ0n) is 11.9. The van der Waals surface area contributed by atoms with Crippen LogP contribution in [0.1, 0.15) is 16.8 Å². The number of hydrogen-bond donors (Lipinski definition) is 1. The van der Waals surface area contributed by atoms with Gasteiger partial charge in [0.05, 0.1) is 4.47 Å². The molecule has 0 amide bonds. The quantitative estimate of drug-likeness (QED) is 0.564. The highest BCUT2D eigenvalue weighted by atomic mass is 79.9. The molecule has 1 aromatic heterocycles. The van der Waals surface area contributed by atoms with Gasteiger partial charge in [0, 0.05) is 18.4 Å². The molecule has 0 aliphatic rings. The van der Waals surface area contributed by atoms with E-state index in [1.54, 1.807) is 6.07 Å². The first-order chi connectivity index (χ1) is 9.81. The summed E-state index contributed by atoms with van der Waals surface area (Å²) in [5.74, 6) is -0.322. The molecule has 1 aromatic carbocycles. The molecule has 0 bridgehead atoms. The molecule has 0 atom stereocenters. The molecule has 0 spiro atoms. The number of halogens is 3. The van der Waals surface area contributed by atoms with E-state index in [0.29, 0.717) is 16.4 Å². The molecule has 1 N–H and O–H groups in total. The van der Waals surface area contributed by atoms with Crippen molar-refractivity contribution in [3.8, 4) is 5.75 Å². The van der Waals surface area contributed by atoms with Gasteiger partial charge in [-0.3, -0.25) is 4.79 Å². The fourth-order valence-corrected chi connectivity index (χ4v) is 3.07. The van der Waals surface area contributed by atoms with Crippen molar-refractivity contribution in [3.05, 3.63) is 37.1 Å². The number of hydrogen-bond acceptors (Lipinski definition) is 5. The summed E-state index contributed by atoms with van der Waals surface area (Å²) in [6.07, 6.45) is 0.240. The Morgan fingerprint density at radius 3 is 2.55 bits per heavy atom. The van der Waals surface area contributed by atoms with Crippen molar-refractivity contribution in [2.24, 2.45) is 0 Å². The number of Topliss-reactive ketones (excluding diaryl/α,β-unsaturated/α-hetero) is 1. The first kappa shape index (κ1) is 19.2. The molecule has 0 aliphatic carbocycles. The minimum Gasteiger partial charge on any atom is -0.505 e. The van der Waals surface area contributed by atoms with Crippen LogP contribution >= 0.6 is 44.3 Å². The van der Waals surface area contributed by atoms with Crippen molar-refractivity contribution in [3.63, 3.8) is 0 Å². The van der Waals surface area contributed by atoms with E-state index in [1.807, 2.05) is 19.0 Å². The average Bonchev–Trinajstić information content (AvgIpc) is 2.43. The number of fused-ring (bicyclic) bond motifs is 1. The minimum absolute atomic E-state index is 0. The normalized spacial score (nSPS) is 10.8. The van der Waals surface area contributed by atoms with Gasteiger partial charge in [0.25, 0.3) is 0 Å². The molecular weight excluding hydrogens is 441 g/mol. The smallest absolute Gasteiger partial charge is 0.347 e. The number of carbonyl (C=O) groups excluding carboxylic acids is 1. The van der Waals surface area contributed by atoms with Crippen LogP contribution in [0.15, 0.2) is 30.3 Å². The summed E-state index contributed by atoms with van der Waals surface area (Å²) in [7, 11) is 3.71. The molecular formula is C14H14Br2ClNO4. The number of ketones is 1. The van der Waals surface area contributed by atoms with E-state index in [1.165, 1.54) is 6.07 Å². The van der Waals surface area contributed by atoms with E-state index in [2.05, 4.69) is 31.9 Å². The minimum atomic E-state index is -0.700. The van der Waals surface area contributed by atoms with Crippen LogP contribution in [0.25, 0.3) is 11.0 Å². The number of phenolic OH excluding ortho intramolecular Hbond substituents is 1. The van der Waals surface area contributed by atoms with Crippen LogP contribution in [-0.2, 0) is 0 Å². The molecule has 0 radical (unpaired) electrons. The van der Waals surface area contributed by atoms with Gasteiger partial charge >= 0.3 is 5.63 Å². The predicted octanol–water partition coefficient (Wildman–Crippen LogP) is 3.58. The molecule has 0 aliphatic heterocycles. The second-order valence-corrected chi connectivity index (χ2v) is 6.51. The Bertz CT molecular complexity index is 774. The molecule has 120 valence electrons. The van der Waals surface area contributed by atoms with Gasteiger partial charge in [-0.25, -0.2) is 4.79 Å². The highest BCUT2D eigenvalue weighted by molar-refractivity contribution is 9.11. The molecule has 0 saturated carbocycles. The largest absolute Gasteiger partial charge is 0.505 e. The Hall–Kier alpha value is -0.890. The molecule has 1 heterocycles. The van der Waals surface area contributed by atoms with E-state index in [0.717, 1.165) is 0 Å². The summed E-state index contributed by atoms with van der Waals surface area (Å²) in [6.45, 7) is 0.555. The maximum absolute atomic E-state index is 12.1. The van der Waals surface area contributed by atoms with Crippen molar-refractivity contribution in [1.29, 1.82) is 0 Å². The van der Waals surface area contributed by atoms with Crippen molar-refractivity contribution in [2.75, 3.05) is 20.6 Å². The number of rotatable bonds is 4. The molecule has 0 fully saturated rings. The van der Waals surface area contributed by atoms with Crippen LogP contribution in [-0.4, -0.2) is 36.4 Å². The molecule has 0 saturated heterocycles. The Labute approximate surface area is 150 Å². The van der Waals surface area contributed by atoms with Gasteiger partial charge in [0.1, 0.15) is 15.8 Å². The van der Waals surface area contributed by atoms with E-state index in [-0.39, 0.29) is 46.0 Å².